The molecule has 1 amide bonds. The van der Waals surface area contributed by atoms with Crippen molar-refractivity contribution in [2.24, 2.45) is 0 Å². The summed E-state index contributed by atoms with van der Waals surface area (Å²) in [6.45, 7) is 1.77. The van der Waals surface area contributed by atoms with E-state index in [1.165, 1.54) is 0 Å². The number of nitrogens with one attached hydrogen (secondary N) is 1. The minimum absolute atomic E-state index is 0.283. The van der Waals surface area contributed by atoms with E-state index in [-0.39, 0.29) is 6.04 Å². The summed E-state index contributed by atoms with van der Waals surface area (Å²) in [5.74, 6) is -1.63. The number of rotatable bonds is 4. The van der Waals surface area contributed by atoms with Crippen molar-refractivity contribution in [3.05, 3.63) is 47.0 Å². The van der Waals surface area contributed by atoms with Crippen LogP contribution >= 0.6 is 11.6 Å². The molecule has 0 saturated heterocycles. The van der Waals surface area contributed by atoms with E-state index >= 15 is 0 Å². The first kappa shape index (κ1) is 13.3. The van der Waals surface area contributed by atoms with Crippen molar-refractivity contribution in [1.29, 1.82) is 0 Å². The van der Waals surface area contributed by atoms with Gasteiger partial charge in [-0.1, -0.05) is 29.8 Å². The van der Waals surface area contributed by atoms with E-state index in [9.17, 15) is 9.59 Å². The first-order valence-corrected chi connectivity index (χ1v) is 5.34. The van der Waals surface area contributed by atoms with Crippen LogP contribution in [-0.2, 0) is 9.59 Å². The summed E-state index contributed by atoms with van der Waals surface area (Å²) in [7, 11) is 0. The molecule has 0 unspecified atom stereocenters. The maximum Gasteiger partial charge on any atom is 0.328 e. The largest absolute Gasteiger partial charge is 0.478 e. The number of hydrogen-bond acceptors (Lipinski definition) is 2. The highest BCUT2D eigenvalue weighted by Gasteiger charge is 2.10. The van der Waals surface area contributed by atoms with Gasteiger partial charge in [0.1, 0.15) is 0 Å². The van der Waals surface area contributed by atoms with Gasteiger partial charge in [0, 0.05) is 17.2 Å². The SMILES string of the molecule is C[C@@H](NC(=O)/C=C/C(=O)O)c1ccccc1Cl. The second-order valence-corrected chi connectivity index (χ2v) is 3.83. The predicted octanol–water partition coefficient (Wildman–Crippen LogP) is 2.16. The molecule has 0 aliphatic rings. The monoisotopic (exact) mass is 253 g/mol. The number of carbonyl (C=O) groups is 2. The normalized spacial score (nSPS) is 12.4. The van der Waals surface area contributed by atoms with Crippen LogP contribution in [0.1, 0.15) is 18.5 Å². The predicted molar refractivity (Wildman–Crippen MR) is 64.8 cm³/mol. The molecule has 0 fully saturated rings. The van der Waals surface area contributed by atoms with Crippen molar-refractivity contribution in [3.8, 4) is 0 Å². The van der Waals surface area contributed by atoms with Crippen molar-refractivity contribution in [2.45, 2.75) is 13.0 Å². The van der Waals surface area contributed by atoms with E-state index in [0.29, 0.717) is 5.02 Å². The fraction of sp³-hybridized carbons (Fsp3) is 0.167. The highest BCUT2D eigenvalue weighted by Crippen LogP contribution is 2.21. The standard InChI is InChI=1S/C12H12ClNO3/c1-8(9-4-2-3-5-10(9)13)14-11(15)6-7-12(16)17/h2-8H,1H3,(H,14,15)(H,16,17)/b7-6+/t8-/m1/s1. The van der Waals surface area contributed by atoms with Crippen LogP contribution in [0.5, 0.6) is 0 Å². The summed E-state index contributed by atoms with van der Waals surface area (Å²) in [4.78, 5) is 21.6. The minimum Gasteiger partial charge on any atom is -0.478 e. The fourth-order valence-corrected chi connectivity index (χ4v) is 1.61. The van der Waals surface area contributed by atoms with Gasteiger partial charge in [-0.2, -0.15) is 0 Å². The quantitative estimate of drug-likeness (QED) is 0.808. The molecular formula is C12H12ClNO3. The average Bonchev–Trinajstić information content (AvgIpc) is 2.26. The van der Waals surface area contributed by atoms with E-state index in [2.05, 4.69) is 5.32 Å². The van der Waals surface area contributed by atoms with Crippen LogP contribution in [0.3, 0.4) is 0 Å². The van der Waals surface area contributed by atoms with Crippen LogP contribution in [-0.4, -0.2) is 17.0 Å². The molecule has 4 nitrogen and oxygen atoms in total. The lowest BCUT2D eigenvalue weighted by Crippen LogP contribution is -2.25. The van der Waals surface area contributed by atoms with Gasteiger partial charge < -0.3 is 10.4 Å². The van der Waals surface area contributed by atoms with Crippen LogP contribution in [0.15, 0.2) is 36.4 Å². The summed E-state index contributed by atoms with van der Waals surface area (Å²) in [5.41, 5.74) is 0.784. The van der Waals surface area contributed by atoms with Gasteiger partial charge >= 0.3 is 5.97 Å². The minimum atomic E-state index is -1.16. The first-order valence-electron chi connectivity index (χ1n) is 4.96. The van der Waals surface area contributed by atoms with Crippen molar-refractivity contribution in [1.82, 2.24) is 5.32 Å². The van der Waals surface area contributed by atoms with E-state index in [1.807, 2.05) is 6.07 Å². The van der Waals surface area contributed by atoms with Crippen molar-refractivity contribution < 1.29 is 14.7 Å². The van der Waals surface area contributed by atoms with Gasteiger partial charge in [0.15, 0.2) is 0 Å². The van der Waals surface area contributed by atoms with Gasteiger partial charge in [-0.15, -0.1) is 0 Å². The van der Waals surface area contributed by atoms with E-state index in [0.717, 1.165) is 17.7 Å². The number of hydrogen-bond donors (Lipinski definition) is 2. The van der Waals surface area contributed by atoms with E-state index in [4.69, 9.17) is 16.7 Å². The third-order valence-corrected chi connectivity index (χ3v) is 2.45. The Bertz CT molecular complexity index is 457. The Morgan fingerprint density at radius 1 is 1.35 bits per heavy atom. The Labute approximate surface area is 104 Å². The highest BCUT2D eigenvalue weighted by molar-refractivity contribution is 6.31. The molecule has 0 radical (unpaired) electrons. The number of carboxylic acid groups (broad SMARTS) is 1. The number of carboxylic acids is 1. The maximum absolute atomic E-state index is 11.3. The topological polar surface area (TPSA) is 66.4 Å². The van der Waals surface area contributed by atoms with Crippen LogP contribution in [0.4, 0.5) is 0 Å². The number of benzene rings is 1. The summed E-state index contributed by atoms with van der Waals surface area (Å²) < 4.78 is 0. The lowest BCUT2D eigenvalue weighted by Gasteiger charge is -2.14. The third kappa shape index (κ3) is 4.28. The smallest absolute Gasteiger partial charge is 0.328 e. The lowest BCUT2D eigenvalue weighted by molar-refractivity contribution is -0.131. The zero-order chi connectivity index (χ0) is 12.8. The van der Waals surface area contributed by atoms with Gasteiger partial charge in [-0.05, 0) is 18.6 Å². The van der Waals surface area contributed by atoms with Crippen molar-refractivity contribution >= 4 is 23.5 Å². The summed E-state index contributed by atoms with van der Waals surface area (Å²) in [6.07, 6.45) is 1.75. The molecule has 0 spiro atoms. The number of halogens is 1. The summed E-state index contributed by atoms with van der Waals surface area (Å²) in [6, 6.07) is 6.86. The van der Waals surface area contributed by atoms with Crippen LogP contribution in [0, 0.1) is 0 Å². The summed E-state index contributed by atoms with van der Waals surface area (Å²) >= 11 is 5.97. The zero-order valence-corrected chi connectivity index (χ0v) is 9.94. The Balaban J connectivity index is 2.67. The maximum atomic E-state index is 11.3. The second-order valence-electron chi connectivity index (χ2n) is 3.42. The molecule has 0 saturated carbocycles. The second kappa shape index (κ2) is 6.06. The molecule has 5 heteroatoms. The van der Waals surface area contributed by atoms with Crippen LogP contribution in [0.2, 0.25) is 5.02 Å². The summed E-state index contributed by atoms with van der Waals surface area (Å²) in [5, 5.41) is 11.5. The van der Waals surface area contributed by atoms with Gasteiger partial charge in [-0.25, -0.2) is 4.79 Å². The van der Waals surface area contributed by atoms with Crippen LogP contribution < -0.4 is 5.32 Å². The molecule has 0 bridgehead atoms. The van der Waals surface area contributed by atoms with E-state index < -0.39 is 11.9 Å². The highest BCUT2D eigenvalue weighted by atomic mass is 35.5. The van der Waals surface area contributed by atoms with Crippen molar-refractivity contribution in [3.63, 3.8) is 0 Å². The number of aliphatic carboxylic acids is 1. The molecule has 0 aliphatic heterocycles. The van der Waals surface area contributed by atoms with Gasteiger partial charge in [0.05, 0.1) is 6.04 Å². The lowest BCUT2D eigenvalue weighted by atomic mass is 10.1. The molecule has 1 atom stereocenters. The van der Waals surface area contributed by atoms with Gasteiger partial charge in [-0.3, -0.25) is 4.79 Å². The third-order valence-electron chi connectivity index (χ3n) is 2.11. The molecule has 1 aromatic rings. The average molecular weight is 254 g/mol. The van der Waals surface area contributed by atoms with Crippen molar-refractivity contribution in [2.75, 3.05) is 0 Å². The molecular weight excluding hydrogens is 242 g/mol. The van der Waals surface area contributed by atoms with Gasteiger partial charge in [0.2, 0.25) is 5.91 Å². The number of carbonyl (C=O) groups excluding carboxylic acids is 1. The van der Waals surface area contributed by atoms with Gasteiger partial charge in [0.25, 0.3) is 0 Å². The Hall–Kier alpha value is -1.81. The molecule has 0 heterocycles. The molecule has 1 rings (SSSR count). The first-order chi connectivity index (χ1) is 8.00. The molecule has 90 valence electrons. The molecule has 0 aromatic heterocycles. The molecule has 0 aliphatic carbocycles. The number of amides is 1. The van der Waals surface area contributed by atoms with Crippen LogP contribution in [0.25, 0.3) is 0 Å². The fourth-order valence-electron chi connectivity index (χ4n) is 1.31. The zero-order valence-electron chi connectivity index (χ0n) is 9.18. The molecule has 2 N–H and O–H groups in total. The molecule has 17 heavy (non-hydrogen) atoms. The Morgan fingerprint density at radius 3 is 2.59 bits per heavy atom. The Kier molecular flexibility index (Phi) is 4.72. The Morgan fingerprint density at radius 2 is 2.00 bits per heavy atom. The molecule has 1 aromatic carbocycles. The van der Waals surface area contributed by atoms with E-state index in [1.54, 1.807) is 25.1 Å².